The number of nitrogens with zero attached hydrogens (tertiary/aromatic N) is 5. The highest BCUT2D eigenvalue weighted by Gasteiger charge is 2.30. The van der Waals surface area contributed by atoms with Gasteiger partial charge in [-0.3, -0.25) is 9.48 Å². The van der Waals surface area contributed by atoms with Crippen molar-refractivity contribution in [3.63, 3.8) is 0 Å². The molecule has 1 N–H and O–H groups in total. The molecule has 10 heteroatoms. The Hall–Kier alpha value is -3.14. The Morgan fingerprint density at radius 2 is 1.97 bits per heavy atom. The second-order valence-electron chi connectivity index (χ2n) is 6.85. The third kappa shape index (κ3) is 4.83. The molecule has 0 radical (unpaired) electrons. The van der Waals surface area contributed by atoms with E-state index in [0.717, 1.165) is 18.7 Å². The summed E-state index contributed by atoms with van der Waals surface area (Å²) < 4.78 is 41.9. The molecule has 29 heavy (non-hydrogen) atoms. The highest BCUT2D eigenvalue weighted by molar-refractivity contribution is 6.04. The van der Waals surface area contributed by atoms with Crippen LogP contribution >= 0.6 is 0 Å². The molecule has 0 bridgehead atoms. The molecule has 1 amide bonds. The normalized spacial score (nSPS) is 11.8. The van der Waals surface area contributed by atoms with Gasteiger partial charge in [0, 0.05) is 12.7 Å². The second-order valence-corrected chi connectivity index (χ2v) is 6.85. The van der Waals surface area contributed by atoms with Gasteiger partial charge in [0.25, 0.3) is 5.91 Å². The Kier molecular flexibility index (Phi) is 5.73. The fourth-order valence-electron chi connectivity index (χ4n) is 2.76. The van der Waals surface area contributed by atoms with E-state index in [0.29, 0.717) is 17.9 Å². The van der Waals surface area contributed by atoms with Gasteiger partial charge < -0.3 is 10.2 Å². The highest BCUT2D eigenvalue weighted by atomic mass is 19.4. The van der Waals surface area contributed by atoms with Gasteiger partial charge in [0.1, 0.15) is 0 Å². The van der Waals surface area contributed by atoms with Crippen molar-refractivity contribution in [2.45, 2.75) is 19.6 Å². The van der Waals surface area contributed by atoms with E-state index in [1.54, 1.807) is 24.0 Å². The summed E-state index contributed by atoms with van der Waals surface area (Å²) in [7, 11) is 3.91. The monoisotopic (exact) mass is 406 g/mol. The summed E-state index contributed by atoms with van der Waals surface area (Å²) in [6, 6.07) is 4.80. The molecule has 0 atom stereocenters. The highest BCUT2D eigenvalue weighted by Crippen LogP contribution is 2.30. The first kappa shape index (κ1) is 20.6. The van der Waals surface area contributed by atoms with Crippen LogP contribution in [0.1, 0.15) is 21.6 Å². The molecule has 1 aromatic carbocycles. The van der Waals surface area contributed by atoms with Crippen LogP contribution in [0.25, 0.3) is 5.69 Å². The predicted molar refractivity (Wildman–Crippen MR) is 102 cm³/mol. The summed E-state index contributed by atoms with van der Waals surface area (Å²) in [6.07, 6.45) is 0.138. The lowest BCUT2D eigenvalue weighted by atomic mass is 10.2. The number of nitrogens with one attached hydrogen (secondary N) is 1. The van der Waals surface area contributed by atoms with Gasteiger partial charge in [-0.1, -0.05) is 6.07 Å². The van der Waals surface area contributed by atoms with Crippen molar-refractivity contribution in [3.8, 4) is 5.69 Å². The Balaban J connectivity index is 1.76. The summed E-state index contributed by atoms with van der Waals surface area (Å²) in [5, 5.41) is 11.0. The Morgan fingerprint density at radius 1 is 1.21 bits per heavy atom. The molecule has 0 fully saturated rings. The second kappa shape index (κ2) is 8.08. The van der Waals surface area contributed by atoms with E-state index in [1.807, 2.05) is 19.0 Å². The zero-order valence-electron chi connectivity index (χ0n) is 16.2. The number of halogens is 3. The zero-order valence-corrected chi connectivity index (χ0v) is 16.2. The number of carbonyl (C=O) groups is 1. The van der Waals surface area contributed by atoms with Crippen LogP contribution in [0.3, 0.4) is 0 Å². The fourth-order valence-corrected chi connectivity index (χ4v) is 2.76. The van der Waals surface area contributed by atoms with Gasteiger partial charge in [-0.05, 0) is 39.2 Å². The largest absolute Gasteiger partial charge is 0.416 e. The minimum Gasteiger partial charge on any atom is -0.319 e. The third-order valence-electron chi connectivity index (χ3n) is 4.34. The molecule has 154 valence electrons. The molecule has 2 aromatic heterocycles. The summed E-state index contributed by atoms with van der Waals surface area (Å²) >= 11 is 0. The maximum atomic E-state index is 13.0. The SMILES string of the molecule is Cc1c(C(=O)Nc2cnn(CCN(C)C)c2)cnn1-c1cccc(C(F)(F)F)c1. The smallest absolute Gasteiger partial charge is 0.319 e. The maximum Gasteiger partial charge on any atom is 0.416 e. The van der Waals surface area contributed by atoms with Crippen molar-refractivity contribution in [1.29, 1.82) is 0 Å². The molecule has 7 nitrogen and oxygen atoms in total. The average molecular weight is 406 g/mol. The third-order valence-corrected chi connectivity index (χ3v) is 4.34. The van der Waals surface area contributed by atoms with Crippen LogP contribution in [0, 0.1) is 6.92 Å². The summed E-state index contributed by atoms with van der Waals surface area (Å²) in [4.78, 5) is 14.6. The molecule has 0 saturated carbocycles. The molecule has 3 rings (SSSR count). The molecule has 0 aliphatic rings. The zero-order chi connectivity index (χ0) is 21.2. The van der Waals surface area contributed by atoms with E-state index >= 15 is 0 Å². The molecule has 0 spiro atoms. The van der Waals surface area contributed by atoms with Crippen LogP contribution in [0.4, 0.5) is 18.9 Å². The van der Waals surface area contributed by atoms with E-state index in [1.165, 1.54) is 23.0 Å². The van der Waals surface area contributed by atoms with Gasteiger partial charge in [-0.2, -0.15) is 23.4 Å². The lowest BCUT2D eigenvalue weighted by molar-refractivity contribution is -0.137. The molecule has 0 saturated heterocycles. The van der Waals surface area contributed by atoms with Gasteiger partial charge in [0.05, 0.1) is 47.1 Å². The number of benzene rings is 1. The number of likely N-dealkylation sites (N-methyl/N-ethyl adjacent to an activating group) is 1. The molecular formula is C19H21F3N6O. The van der Waals surface area contributed by atoms with Gasteiger partial charge in [0.15, 0.2) is 0 Å². The minimum absolute atomic E-state index is 0.230. The van der Waals surface area contributed by atoms with E-state index in [2.05, 4.69) is 15.5 Å². The van der Waals surface area contributed by atoms with Crippen molar-refractivity contribution in [2.24, 2.45) is 0 Å². The molecule has 0 aliphatic heterocycles. The summed E-state index contributed by atoms with van der Waals surface area (Å²) in [5.41, 5.74) is 0.680. The van der Waals surface area contributed by atoms with Gasteiger partial charge >= 0.3 is 6.18 Å². The number of amides is 1. The summed E-state index contributed by atoms with van der Waals surface area (Å²) in [5.74, 6) is -0.409. The first-order valence-electron chi connectivity index (χ1n) is 8.86. The summed E-state index contributed by atoms with van der Waals surface area (Å²) in [6.45, 7) is 3.11. The van der Waals surface area contributed by atoms with Crippen LogP contribution in [0.2, 0.25) is 0 Å². The van der Waals surface area contributed by atoms with Crippen molar-refractivity contribution in [1.82, 2.24) is 24.5 Å². The van der Waals surface area contributed by atoms with Crippen LogP contribution in [0.15, 0.2) is 42.9 Å². The van der Waals surface area contributed by atoms with Crippen molar-refractivity contribution in [3.05, 3.63) is 59.7 Å². The molecule has 0 aliphatic carbocycles. The topological polar surface area (TPSA) is 68.0 Å². The maximum absolute atomic E-state index is 13.0. The molecule has 3 aromatic rings. The van der Waals surface area contributed by atoms with Crippen molar-refractivity contribution >= 4 is 11.6 Å². The average Bonchev–Trinajstić information content (AvgIpc) is 3.25. The number of aromatic nitrogens is 4. The molecule has 0 unspecified atom stereocenters. The van der Waals surface area contributed by atoms with Crippen LogP contribution in [-0.4, -0.2) is 51.0 Å². The number of rotatable bonds is 6. The predicted octanol–water partition coefficient (Wildman–Crippen LogP) is 3.21. The number of hydrogen-bond acceptors (Lipinski definition) is 4. The number of alkyl halides is 3. The van der Waals surface area contributed by atoms with Crippen LogP contribution in [0.5, 0.6) is 0 Å². The Morgan fingerprint density at radius 3 is 2.66 bits per heavy atom. The van der Waals surface area contributed by atoms with Gasteiger partial charge in [0.2, 0.25) is 0 Å². The van der Waals surface area contributed by atoms with E-state index in [9.17, 15) is 18.0 Å². The van der Waals surface area contributed by atoms with E-state index < -0.39 is 17.6 Å². The van der Waals surface area contributed by atoms with E-state index in [4.69, 9.17) is 0 Å². The Bertz CT molecular complexity index is 1010. The quantitative estimate of drug-likeness (QED) is 0.683. The minimum atomic E-state index is -4.45. The first-order chi connectivity index (χ1) is 13.6. The first-order valence-corrected chi connectivity index (χ1v) is 8.86. The number of anilines is 1. The van der Waals surface area contributed by atoms with Gasteiger partial charge in [-0.15, -0.1) is 0 Å². The molecular weight excluding hydrogens is 385 g/mol. The van der Waals surface area contributed by atoms with Crippen LogP contribution < -0.4 is 5.32 Å². The molecule has 2 heterocycles. The fraction of sp³-hybridized carbons (Fsp3) is 0.316. The number of hydrogen-bond donors (Lipinski definition) is 1. The standard InChI is InChI=1S/C19H21F3N6O/c1-13-17(18(29)25-15-10-23-27(12-15)8-7-26(2)3)11-24-28(13)16-6-4-5-14(9-16)19(20,21)22/h4-6,9-12H,7-8H2,1-3H3,(H,25,29). The number of carbonyl (C=O) groups excluding carboxylic acids is 1. The lowest BCUT2D eigenvalue weighted by Gasteiger charge is -2.10. The van der Waals surface area contributed by atoms with Gasteiger partial charge in [-0.25, -0.2) is 4.68 Å². The van der Waals surface area contributed by atoms with Crippen LogP contribution in [-0.2, 0) is 12.7 Å². The van der Waals surface area contributed by atoms with Crippen molar-refractivity contribution in [2.75, 3.05) is 26.0 Å². The Labute approximate surface area is 165 Å². The van der Waals surface area contributed by atoms with E-state index in [-0.39, 0.29) is 11.3 Å². The lowest BCUT2D eigenvalue weighted by Crippen LogP contribution is -2.18. The van der Waals surface area contributed by atoms with Crippen molar-refractivity contribution < 1.29 is 18.0 Å².